The lowest BCUT2D eigenvalue weighted by molar-refractivity contribution is -0.127. The van der Waals surface area contributed by atoms with E-state index in [2.05, 4.69) is 31.1 Å². The second-order valence-electron chi connectivity index (χ2n) is 18.4. The average molecular weight is 839 g/mol. The summed E-state index contributed by atoms with van der Waals surface area (Å²) in [6.45, 7) is 21.3. The zero-order chi connectivity index (χ0) is 44.6. The zero-order valence-electron chi connectivity index (χ0n) is 37.7. The number of hydrogen-bond acceptors (Lipinski definition) is 10. The van der Waals surface area contributed by atoms with Crippen molar-refractivity contribution in [1.82, 2.24) is 31.1 Å². The highest BCUT2D eigenvalue weighted by atomic mass is 16.6. The smallest absolute Gasteiger partial charge is 0.408 e. The number of ether oxygens (including phenoxy) is 2. The summed E-state index contributed by atoms with van der Waals surface area (Å²) in [4.78, 5) is 57.4. The Morgan fingerprint density at radius 2 is 0.900 bits per heavy atom. The molecule has 6 N–H and O–H groups in total. The number of aliphatic hydroxyl groups excluding tert-OH is 2. The van der Waals surface area contributed by atoms with Gasteiger partial charge in [0.25, 0.3) is 0 Å². The minimum Gasteiger partial charge on any atom is -0.444 e. The number of benzene rings is 2. The van der Waals surface area contributed by atoms with Crippen molar-refractivity contribution in [2.45, 2.75) is 142 Å². The van der Waals surface area contributed by atoms with Gasteiger partial charge in [-0.1, -0.05) is 101 Å². The molecule has 14 nitrogen and oxygen atoms in total. The van der Waals surface area contributed by atoms with Crippen LogP contribution in [0.4, 0.5) is 9.59 Å². The molecule has 14 heteroatoms. The lowest BCUT2D eigenvalue weighted by Gasteiger charge is -2.39. The summed E-state index contributed by atoms with van der Waals surface area (Å²) in [6, 6.07) is 16.3. The first kappa shape index (κ1) is 50.1. The average Bonchev–Trinajstić information content (AvgIpc) is 3.18. The standard InChI is InChI=1S/C46H74N6O8/c1-11-31(3)39(49-43(57)59-45(5,6)7)41(55)47-35(27-33-19-15-13-16-20-33)37(53)29-51-23-25-52(26-24-51)30-38(54)36(28-34-21-17-14-18-22-34)48-42(56)40(32(4)12-2)50-44(58)60-46(8,9)10/h13-22,31-32,35-40,53-54H,11-12,23-30H2,1-10H3,(H,47,55)(H,48,56)(H,49,57)(H,50,58)/t31-,32-,35-,36-,37+,38+,39-,40-/m0/s1. The highest BCUT2D eigenvalue weighted by Gasteiger charge is 2.35. The SMILES string of the molecule is CC[C@H](C)[C@H](NC(=O)OC(C)(C)C)C(=O)N[C@@H](Cc1ccccc1)[C@H](O)CN1CCN(C[C@@H](O)[C@H](Cc2ccccc2)NC(=O)[C@@H](NC(=O)OC(C)(C)C)[C@@H](C)CC)CC1. The normalized spacial score (nSPS) is 18.1. The van der Waals surface area contributed by atoms with E-state index in [9.17, 15) is 29.4 Å². The third kappa shape index (κ3) is 17.8. The van der Waals surface area contributed by atoms with Crippen LogP contribution in [-0.2, 0) is 31.9 Å². The van der Waals surface area contributed by atoms with Crippen molar-refractivity contribution in [2.24, 2.45) is 11.8 Å². The van der Waals surface area contributed by atoms with E-state index in [1.807, 2.05) is 88.4 Å². The fourth-order valence-corrected chi connectivity index (χ4v) is 7.06. The van der Waals surface area contributed by atoms with Crippen molar-refractivity contribution in [3.8, 4) is 0 Å². The Morgan fingerprint density at radius 3 is 1.18 bits per heavy atom. The third-order valence-corrected chi connectivity index (χ3v) is 10.9. The summed E-state index contributed by atoms with van der Waals surface area (Å²) in [5.74, 6) is -1.15. The minimum atomic E-state index is -0.927. The van der Waals surface area contributed by atoms with Crippen LogP contribution < -0.4 is 21.3 Å². The van der Waals surface area contributed by atoms with Gasteiger partial charge in [-0.2, -0.15) is 0 Å². The van der Waals surface area contributed by atoms with E-state index in [-0.39, 0.29) is 23.7 Å². The maximum atomic E-state index is 13.8. The molecule has 0 aromatic heterocycles. The first-order chi connectivity index (χ1) is 28.2. The largest absolute Gasteiger partial charge is 0.444 e. The van der Waals surface area contributed by atoms with Gasteiger partial charge in [0.05, 0.1) is 24.3 Å². The molecule has 1 heterocycles. The highest BCUT2D eigenvalue weighted by molar-refractivity contribution is 5.87. The summed E-state index contributed by atoms with van der Waals surface area (Å²) < 4.78 is 10.9. The van der Waals surface area contributed by atoms with Crippen molar-refractivity contribution >= 4 is 24.0 Å². The molecule has 8 atom stereocenters. The van der Waals surface area contributed by atoms with Crippen LogP contribution in [0.15, 0.2) is 60.7 Å². The van der Waals surface area contributed by atoms with Crippen molar-refractivity contribution in [3.05, 3.63) is 71.8 Å². The van der Waals surface area contributed by atoms with Gasteiger partial charge in [0.2, 0.25) is 11.8 Å². The fraction of sp³-hybridized carbons (Fsp3) is 0.652. The number of hydrogen-bond donors (Lipinski definition) is 6. The molecular weight excluding hydrogens is 765 g/mol. The second-order valence-corrected chi connectivity index (χ2v) is 18.4. The molecular formula is C46H74N6O8. The topological polar surface area (TPSA) is 182 Å². The number of amides is 4. The van der Waals surface area contributed by atoms with Gasteiger partial charge in [-0.25, -0.2) is 9.59 Å². The van der Waals surface area contributed by atoms with E-state index >= 15 is 0 Å². The van der Waals surface area contributed by atoms with Crippen molar-refractivity contribution in [2.75, 3.05) is 39.3 Å². The molecule has 1 fully saturated rings. The summed E-state index contributed by atoms with van der Waals surface area (Å²) in [6.07, 6.45) is -1.15. The molecule has 1 aliphatic heterocycles. The number of alkyl carbamates (subject to hydrolysis) is 2. The van der Waals surface area contributed by atoms with Crippen LogP contribution in [0.5, 0.6) is 0 Å². The van der Waals surface area contributed by atoms with Crippen LogP contribution in [0, 0.1) is 11.8 Å². The number of carbonyl (C=O) groups is 4. The van der Waals surface area contributed by atoms with Gasteiger partial charge in [-0.05, 0) is 77.3 Å². The fourth-order valence-electron chi connectivity index (χ4n) is 7.06. The van der Waals surface area contributed by atoms with E-state index in [1.165, 1.54) is 0 Å². The number of nitrogens with zero attached hydrogens (tertiary/aromatic N) is 2. The quantitative estimate of drug-likeness (QED) is 0.110. The number of carbonyl (C=O) groups excluding carboxylic acids is 4. The molecule has 0 radical (unpaired) electrons. The summed E-state index contributed by atoms with van der Waals surface area (Å²) in [5.41, 5.74) is 0.448. The predicted molar refractivity (Wildman–Crippen MR) is 234 cm³/mol. The Kier molecular flexibility index (Phi) is 19.8. The van der Waals surface area contributed by atoms with Crippen LogP contribution in [0.3, 0.4) is 0 Å². The molecule has 2 aromatic carbocycles. The van der Waals surface area contributed by atoms with Crippen LogP contribution >= 0.6 is 0 Å². The van der Waals surface area contributed by atoms with Gasteiger partial charge < -0.3 is 41.0 Å². The van der Waals surface area contributed by atoms with Gasteiger partial charge in [0.15, 0.2) is 0 Å². The molecule has 0 unspecified atom stereocenters. The Morgan fingerprint density at radius 1 is 0.583 bits per heavy atom. The number of nitrogens with one attached hydrogen (secondary N) is 4. The Bertz CT molecular complexity index is 1490. The molecule has 0 saturated carbocycles. The monoisotopic (exact) mass is 839 g/mol. The minimum absolute atomic E-state index is 0.189. The molecule has 1 aliphatic rings. The Balaban J connectivity index is 1.69. The maximum absolute atomic E-state index is 13.8. The van der Waals surface area contributed by atoms with E-state index in [1.54, 1.807) is 41.5 Å². The second kappa shape index (κ2) is 23.7. The Hall–Kier alpha value is -4.24. The molecule has 60 heavy (non-hydrogen) atoms. The van der Waals surface area contributed by atoms with Crippen molar-refractivity contribution in [1.29, 1.82) is 0 Å². The van der Waals surface area contributed by atoms with E-state index in [0.29, 0.717) is 65.0 Å². The molecule has 0 aliphatic carbocycles. The van der Waals surface area contributed by atoms with Crippen LogP contribution in [0.1, 0.15) is 93.2 Å². The zero-order valence-corrected chi connectivity index (χ0v) is 37.7. The van der Waals surface area contributed by atoms with Gasteiger partial charge in [-0.3, -0.25) is 19.4 Å². The van der Waals surface area contributed by atoms with Gasteiger partial charge >= 0.3 is 12.2 Å². The van der Waals surface area contributed by atoms with Crippen LogP contribution in [0.25, 0.3) is 0 Å². The number of β-amino-alcohol motifs (C(OH)–C–C–N with tert-alkyl or cyclic N) is 2. The van der Waals surface area contributed by atoms with Gasteiger partial charge in [0.1, 0.15) is 23.3 Å². The number of rotatable bonds is 20. The van der Waals surface area contributed by atoms with Gasteiger partial charge in [-0.15, -0.1) is 0 Å². The summed E-state index contributed by atoms with van der Waals surface area (Å²) in [7, 11) is 0. The molecule has 3 rings (SSSR count). The lowest BCUT2D eigenvalue weighted by Crippen LogP contribution is -2.59. The Labute approximate surface area is 358 Å². The third-order valence-electron chi connectivity index (χ3n) is 10.9. The summed E-state index contributed by atoms with van der Waals surface area (Å²) >= 11 is 0. The number of piperazine rings is 1. The van der Waals surface area contributed by atoms with Crippen molar-refractivity contribution in [3.63, 3.8) is 0 Å². The maximum Gasteiger partial charge on any atom is 0.408 e. The van der Waals surface area contributed by atoms with Crippen LogP contribution in [0.2, 0.25) is 0 Å². The van der Waals surface area contributed by atoms with Gasteiger partial charge in [0, 0.05) is 39.3 Å². The lowest BCUT2D eigenvalue weighted by atomic mass is 9.96. The molecule has 0 spiro atoms. The van der Waals surface area contributed by atoms with Crippen LogP contribution in [-0.4, -0.2) is 131 Å². The molecule has 1 saturated heterocycles. The molecule has 4 amide bonds. The molecule has 0 bridgehead atoms. The van der Waals surface area contributed by atoms with Crippen molar-refractivity contribution < 1.29 is 38.9 Å². The highest BCUT2D eigenvalue weighted by Crippen LogP contribution is 2.17. The van der Waals surface area contributed by atoms with E-state index < -0.39 is 59.8 Å². The van der Waals surface area contributed by atoms with E-state index in [4.69, 9.17) is 9.47 Å². The first-order valence-electron chi connectivity index (χ1n) is 21.7. The first-order valence-corrected chi connectivity index (χ1v) is 21.7. The van der Waals surface area contributed by atoms with E-state index in [0.717, 1.165) is 11.1 Å². The summed E-state index contributed by atoms with van der Waals surface area (Å²) in [5, 5.41) is 35.1. The number of aliphatic hydroxyl groups is 2. The predicted octanol–water partition coefficient (Wildman–Crippen LogP) is 4.66. The molecule has 336 valence electrons. The molecule has 2 aromatic rings.